The molecule has 1 N–H and O–H groups in total. The summed E-state index contributed by atoms with van der Waals surface area (Å²) < 4.78 is 33.9. The number of aromatic nitrogens is 3. The summed E-state index contributed by atoms with van der Waals surface area (Å²) in [6.07, 6.45) is 1.95. The third-order valence-electron chi connectivity index (χ3n) is 6.16. The van der Waals surface area contributed by atoms with E-state index in [1.807, 2.05) is 31.2 Å². The first-order valence-corrected chi connectivity index (χ1v) is 12.1. The molecule has 198 valence electrons. The van der Waals surface area contributed by atoms with Crippen LogP contribution < -0.4 is 24.3 Å². The van der Waals surface area contributed by atoms with Crippen LogP contribution in [-0.4, -0.2) is 54.6 Å². The number of fused-ring (bicyclic) bond motifs is 4. The van der Waals surface area contributed by atoms with Crippen molar-refractivity contribution in [3.05, 3.63) is 60.4 Å². The highest BCUT2D eigenvalue weighted by Crippen LogP contribution is 2.43. The maximum Gasteiger partial charge on any atom is 0.411 e. The lowest BCUT2D eigenvalue weighted by Gasteiger charge is -2.26. The number of carbonyl (C=O) groups excluding carboxylic acids is 1. The molecule has 0 saturated carbocycles. The van der Waals surface area contributed by atoms with Crippen molar-refractivity contribution in [2.75, 3.05) is 32.8 Å². The summed E-state index contributed by atoms with van der Waals surface area (Å²) in [5.74, 6) is 2.62. The van der Waals surface area contributed by atoms with Gasteiger partial charge in [-0.2, -0.15) is 0 Å². The highest BCUT2D eigenvalue weighted by Gasteiger charge is 2.26. The Morgan fingerprint density at radius 3 is 2.72 bits per heavy atom. The fourth-order valence-electron chi connectivity index (χ4n) is 4.34. The van der Waals surface area contributed by atoms with Crippen molar-refractivity contribution in [3.8, 4) is 34.6 Å². The van der Waals surface area contributed by atoms with Gasteiger partial charge in [0, 0.05) is 11.6 Å². The monoisotopic (exact) mass is 528 g/mol. The lowest BCUT2D eigenvalue weighted by molar-refractivity contribution is 0.0382. The fourth-order valence-corrected chi connectivity index (χ4v) is 4.34. The number of anilines is 1. The highest BCUT2D eigenvalue weighted by atomic mass is 16.6. The molecule has 5 aromatic rings. The van der Waals surface area contributed by atoms with Crippen molar-refractivity contribution in [3.63, 3.8) is 0 Å². The van der Waals surface area contributed by atoms with Crippen LogP contribution in [0.15, 0.2) is 59.3 Å². The Bertz CT molecular complexity index is 1680. The minimum Gasteiger partial charge on any atom is -0.485 e. The first-order chi connectivity index (χ1) is 19.0. The molecule has 0 saturated heterocycles. The molecule has 11 nitrogen and oxygen atoms in total. The van der Waals surface area contributed by atoms with E-state index in [4.69, 9.17) is 28.1 Å². The number of hydrogen-bond acceptors (Lipinski definition) is 10. The molecule has 2 aromatic carbocycles. The van der Waals surface area contributed by atoms with Gasteiger partial charge in [-0.25, -0.2) is 19.7 Å². The zero-order valence-corrected chi connectivity index (χ0v) is 21.4. The van der Waals surface area contributed by atoms with Crippen molar-refractivity contribution in [2.45, 2.75) is 13.0 Å². The van der Waals surface area contributed by atoms with Crippen LogP contribution >= 0.6 is 0 Å². The number of pyridine rings is 1. The Hall–Kier alpha value is -5.06. The fraction of sp³-hybridized carbons (Fsp3) is 0.214. The van der Waals surface area contributed by atoms with E-state index in [1.54, 1.807) is 31.5 Å². The summed E-state index contributed by atoms with van der Waals surface area (Å²) in [5.41, 5.74) is 4.36. The molecule has 0 spiro atoms. The molecule has 6 rings (SSSR count). The second-order valence-electron chi connectivity index (χ2n) is 8.87. The van der Waals surface area contributed by atoms with Gasteiger partial charge in [0.2, 0.25) is 11.8 Å². The van der Waals surface area contributed by atoms with Crippen molar-refractivity contribution in [2.24, 2.45) is 0 Å². The maximum atomic E-state index is 12.2. The van der Waals surface area contributed by atoms with E-state index in [0.717, 1.165) is 16.5 Å². The summed E-state index contributed by atoms with van der Waals surface area (Å²) in [6, 6.07) is 12.8. The molecule has 4 heterocycles. The normalized spacial score (nSPS) is 14.3. The van der Waals surface area contributed by atoms with E-state index < -0.39 is 12.2 Å². The minimum absolute atomic E-state index is 0.000937. The van der Waals surface area contributed by atoms with E-state index in [-0.39, 0.29) is 13.2 Å². The standard InChI is InChI=1S/C28H24N4O7/c1-15-8-18(26-20(9-15)32-25(35-3)12-30-26)23-10-19-21(39-23)5-6-22-27(19)36-13-17(38-22)14-37-28(33)31-16-4-7-24(34-2)29-11-16/h4-12,17H,13-14H2,1-3H3,(H,31,33). The Balaban J connectivity index is 1.18. The molecule has 0 radical (unpaired) electrons. The van der Waals surface area contributed by atoms with Gasteiger partial charge in [0.25, 0.3) is 0 Å². The third kappa shape index (κ3) is 4.81. The average Bonchev–Trinajstić information content (AvgIpc) is 3.40. The second kappa shape index (κ2) is 10.0. The maximum absolute atomic E-state index is 12.2. The largest absolute Gasteiger partial charge is 0.485 e. The molecule has 11 heteroatoms. The first kappa shape index (κ1) is 24.3. The predicted molar refractivity (Wildman–Crippen MR) is 142 cm³/mol. The van der Waals surface area contributed by atoms with Crippen LogP contribution in [0.2, 0.25) is 0 Å². The van der Waals surface area contributed by atoms with Crippen LogP contribution in [-0.2, 0) is 4.74 Å². The Kier molecular flexibility index (Phi) is 6.23. The van der Waals surface area contributed by atoms with Crippen LogP contribution in [0.4, 0.5) is 10.5 Å². The minimum atomic E-state index is -0.627. The molecular weight excluding hydrogens is 504 g/mol. The average molecular weight is 529 g/mol. The van der Waals surface area contributed by atoms with Crippen LogP contribution in [0.5, 0.6) is 23.3 Å². The lowest BCUT2D eigenvalue weighted by atomic mass is 10.1. The molecule has 1 atom stereocenters. The summed E-state index contributed by atoms with van der Waals surface area (Å²) in [6.45, 7) is 2.19. The summed E-state index contributed by atoms with van der Waals surface area (Å²) >= 11 is 0. The number of ether oxygens (including phenoxy) is 5. The van der Waals surface area contributed by atoms with Crippen molar-refractivity contribution in [1.29, 1.82) is 0 Å². The molecule has 1 aliphatic rings. The Morgan fingerprint density at radius 1 is 1.05 bits per heavy atom. The van der Waals surface area contributed by atoms with E-state index in [1.165, 1.54) is 13.3 Å². The molecule has 0 bridgehead atoms. The van der Waals surface area contributed by atoms with Gasteiger partial charge in [-0.05, 0) is 48.9 Å². The SMILES string of the molecule is COc1ccc(NC(=O)OCC2COc3c(ccc4oc(-c5cc(C)cc6nc(OC)cnc56)cc34)O2)cn1. The van der Waals surface area contributed by atoms with E-state index in [0.29, 0.717) is 51.3 Å². The molecule has 1 amide bonds. The Morgan fingerprint density at radius 2 is 1.92 bits per heavy atom. The number of nitrogens with zero attached hydrogens (tertiary/aromatic N) is 3. The van der Waals surface area contributed by atoms with E-state index >= 15 is 0 Å². The highest BCUT2D eigenvalue weighted by molar-refractivity contribution is 5.96. The lowest BCUT2D eigenvalue weighted by Crippen LogP contribution is -2.35. The Labute approximate surface area is 222 Å². The van der Waals surface area contributed by atoms with Gasteiger partial charge >= 0.3 is 6.09 Å². The number of methoxy groups -OCH3 is 2. The van der Waals surface area contributed by atoms with Gasteiger partial charge in [0.15, 0.2) is 17.6 Å². The van der Waals surface area contributed by atoms with Crippen LogP contribution in [0.25, 0.3) is 33.3 Å². The number of amides is 1. The van der Waals surface area contributed by atoms with Crippen LogP contribution in [0.3, 0.4) is 0 Å². The number of aryl methyl sites for hydroxylation is 1. The third-order valence-corrected chi connectivity index (χ3v) is 6.16. The number of furan rings is 1. The van der Waals surface area contributed by atoms with Gasteiger partial charge in [-0.15, -0.1) is 0 Å². The van der Waals surface area contributed by atoms with E-state index in [9.17, 15) is 4.79 Å². The predicted octanol–water partition coefficient (Wildman–Crippen LogP) is 5.15. The van der Waals surface area contributed by atoms with Gasteiger partial charge in [-0.1, -0.05) is 0 Å². The first-order valence-electron chi connectivity index (χ1n) is 12.1. The summed E-state index contributed by atoms with van der Waals surface area (Å²) in [4.78, 5) is 25.3. The van der Waals surface area contributed by atoms with Crippen LogP contribution in [0.1, 0.15) is 5.56 Å². The van der Waals surface area contributed by atoms with Gasteiger partial charge in [0.05, 0.1) is 48.7 Å². The number of rotatable bonds is 6. The van der Waals surface area contributed by atoms with E-state index in [2.05, 4.69) is 20.3 Å². The van der Waals surface area contributed by atoms with Gasteiger partial charge in [-0.3, -0.25) is 5.32 Å². The molecule has 0 fully saturated rings. The second-order valence-corrected chi connectivity index (χ2v) is 8.87. The van der Waals surface area contributed by atoms with Crippen molar-refractivity contribution in [1.82, 2.24) is 15.0 Å². The van der Waals surface area contributed by atoms with Gasteiger partial charge in [0.1, 0.15) is 24.6 Å². The smallest absolute Gasteiger partial charge is 0.411 e. The molecule has 0 aliphatic carbocycles. The zero-order chi connectivity index (χ0) is 26.9. The summed E-state index contributed by atoms with van der Waals surface area (Å²) in [5, 5.41) is 3.38. The van der Waals surface area contributed by atoms with Crippen molar-refractivity contribution < 1.29 is 32.9 Å². The van der Waals surface area contributed by atoms with Crippen molar-refractivity contribution >= 4 is 33.8 Å². The molecule has 1 aliphatic heterocycles. The number of hydrogen-bond donors (Lipinski definition) is 1. The van der Waals surface area contributed by atoms with Gasteiger partial charge < -0.3 is 28.1 Å². The number of nitrogens with one attached hydrogen (secondary N) is 1. The van der Waals surface area contributed by atoms with Crippen LogP contribution in [0, 0.1) is 6.92 Å². The topological polar surface area (TPSA) is 127 Å². The quantitative estimate of drug-likeness (QED) is 0.316. The number of carbonyl (C=O) groups is 1. The number of benzene rings is 2. The zero-order valence-electron chi connectivity index (χ0n) is 21.4. The molecule has 39 heavy (non-hydrogen) atoms. The summed E-state index contributed by atoms with van der Waals surface area (Å²) in [7, 11) is 3.08. The molecule has 1 unspecified atom stereocenters. The molecular formula is C28H24N4O7. The molecule has 3 aromatic heterocycles.